The van der Waals surface area contributed by atoms with Crippen LogP contribution in [0.1, 0.15) is 37.8 Å². The number of hydrogen-bond acceptors (Lipinski definition) is 6. The van der Waals surface area contributed by atoms with Crippen LogP contribution >= 0.6 is 11.3 Å². The van der Waals surface area contributed by atoms with Gasteiger partial charge in [-0.15, -0.1) is 11.3 Å². The molecule has 0 spiro atoms. The Balaban J connectivity index is 2.87. The van der Waals surface area contributed by atoms with Crippen LogP contribution in [0.2, 0.25) is 0 Å². The molecule has 1 heterocycles. The Kier molecular flexibility index (Phi) is 8.84. The summed E-state index contributed by atoms with van der Waals surface area (Å²) in [6, 6.07) is 0.318. The maximum atomic E-state index is 5.28. The van der Waals surface area contributed by atoms with Gasteiger partial charge in [0, 0.05) is 32.2 Å². The molecule has 1 atom stereocenters. The fourth-order valence-electron chi connectivity index (χ4n) is 2.23. The van der Waals surface area contributed by atoms with E-state index in [1.807, 2.05) is 0 Å². The van der Waals surface area contributed by atoms with E-state index >= 15 is 0 Å². The van der Waals surface area contributed by atoms with E-state index in [-0.39, 0.29) is 0 Å². The molecule has 6 heteroatoms. The molecule has 0 aliphatic rings. The molecule has 1 aromatic heterocycles. The van der Waals surface area contributed by atoms with Crippen LogP contribution in [0, 0.1) is 0 Å². The number of nitrogens with zero attached hydrogens (tertiary/aromatic N) is 2. The highest BCUT2D eigenvalue weighted by Crippen LogP contribution is 2.28. The van der Waals surface area contributed by atoms with Crippen LogP contribution in [0.5, 0.6) is 0 Å². The number of hydrogen-bond donors (Lipinski definition) is 1. The number of ether oxygens (including phenoxy) is 2. The first-order valence-electron chi connectivity index (χ1n) is 7.61. The third kappa shape index (κ3) is 5.54. The maximum Gasteiger partial charge on any atom is 0.186 e. The summed E-state index contributed by atoms with van der Waals surface area (Å²) in [5, 5.41) is 4.50. The van der Waals surface area contributed by atoms with Crippen molar-refractivity contribution in [2.24, 2.45) is 0 Å². The number of rotatable bonds is 11. The van der Waals surface area contributed by atoms with Crippen molar-refractivity contribution in [3.63, 3.8) is 0 Å². The van der Waals surface area contributed by atoms with E-state index in [0.29, 0.717) is 19.3 Å². The van der Waals surface area contributed by atoms with E-state index in [1.54, 1.807) is 25.6 Å². The van der Waals surface area contributed by atoms with Crippen molar-refractivity contribution in [3.05, 3.63) is 10.6 Å². The van der Waals surface area contributed by atoms with E-state index < -0.39 is 0 Å². The zero-order valence-electron chi connectivity index (χ0n) is 13.9. The molecule has 0 radical (unpaired) electrons. The van der Waals surface area contributed by atoms with E-state index in [9.17, 15) is 0 Å². The minimum atomic E-state index is 0.318. The fraction of sp³-hybridized carbons (Fsp3) is 0.800. The van der Waals surface area contributed by atoms with E-state index in [2.05, 4.69) is 31.0 Å². The second kappa shape index (κ2) is 10.1. The molecule has 0 amide bonds. The Labute approximate surface area is 132 Å². The van der Waals surface area contributed by atoms with Crippen molar-refractivity contribution in [3.8, 4) is 0 Å². The lowest BCUT2D eigenvalue weighted by atomic mass is 10.3. The van der Waals surface area contributed by atoms with Crippen LogP contribution < -0.4 is 10.2 Å². The fourth-order valence-corrected chi connectivity index (χ4v) is 3.42. The minimum absolute atomic E-state index is 0.318. The van der Waals surface area contributed by atoms with Gasteiger partial charge in [0.2, 0.25) is 0 Å². The van der Waals surface area contributed by atoms with Crippen molar-refractivity contribution in [2.75, 3.05) is 38.8 Å². The molecule has 1 unspecified atom stereocenters. The highest BCUT2D eigenvalue weighted by Gasteiger charge is 2.19. The van der Waals surface area contributed by atoms with Gasteiger partial charge in [-0.3, -0.25) is 0 Å². The van der Waals surface area contributed by atoms with Crippen LogP contribution in [0.4, 0.5) is 5.13 Å². The Bertz CT molecular complexity index is 398. The monoisotopic (exact) mass is 315 g/mol. The van der Waals surface area contributed by atoms with Crippen molar-refractivity contribution >= 4 is 16.5 Å². The van der Waals surface area contributed by atoms with Gasteiger partial charge in [-0.2, -0.15) is 0 Å². The van der Waals surface area contributed by atoms with Gasteiger partial charge < -0.3 is 19.7 Å². The quantitative estimate of drug-likeness (QED) is 0.636. The molecule has 0 aromatic carbocycles. The van der Waals surface area contributed by atoms with E-state index in [0.717, 1.165) is 36.9 Å². The molecule has 0 fully saturated rings. The largest absolute Gasteiger partial charge is 0.383 e. The van der Waals surface area contributed by atoms with Crippen LogP contribution in [0.15, 0.2) is 0 Å². The smallest absolute Gasteiger partial charge is 0.186 e. The summed E-state index contributed by atoms with van der Waals surface area (Å²) >= 11 is 1.75. The van der Waals surface area contributed by atoms with Crippen LogP contribution in [-0.2, 0) is 22.6 Å². The van der Waals surface area contributed by atoms with Gasteiger partial charge in [0.1, 0.15) is 0 Å². The summed E-state index contributed by atoms with van der Waals surface area (Å²) in [4.78, 5) is 8.33. The third-order valence-corrected chi connectivity index (χ3v) is 4.42. The second-order valence-electron chi connectivity index (χ2n) is 5.07. The average molecular weight is 315 g/mol. The maximum absolute atomic E-state index is 5.28. The van der Waals surface area contributed by atoms with Crippen molar-refractivity contribution in [1.29, 1.82) is 0 Å². The Morgan fingerprint density at radius 1 is 1.29 bits per heavy atom. The molecule has 1 aromatic rings. The van der Waals surface area contributed by atoms with Crippen molar-refractivity contribution < 1.29 is 9.47 Å². The molecule has 0 aliphatic carbocycles. The summed E-state index contributed by atoms with van der Waals surface area (Å²) in [5.41, 5.74) is 1.05. The lowest BCUT2D eigenvalue weighted by Gasteiger charge is -2.26. The number of nitrogens with one attached hydrogen (secondary N) is 1. The van der Waals surface area contributed by atoms with Crippen molar-refractivity contribution in [2.45, 2.75) is 46.4 Å². The van der Waals surface area contributed by atoms with Gasteiger partial charge >= 0.3 is 0 Å². The predicted molar refractivity (Wildman–Crippen MR) is 89.2 cm³/mol. The standard InChI is InChI=1S/C15H29N3O2S/c1-6-8-16-9-14-13(11-20-5)17-15(21-14)18(7-2)12(3)10-19-4/h12,16H,6-11H2,1-5H3. The molecular weight excluding hydrogens is 286 g/mol. The minimum Gasteiger partial charge on any atom is -0.383 e. The topological polar surface area (TPSA) is 46.6 Å². The van der Waals surface area contributed by atoms with Gasteiger partial charge in [0.15, 0.2) is 5.13 Å². The summed E-state index contributed by atoms with van der Waals surface area (Å²) < 4.78 is 10.6. The average Bonchev–Trinajstić information content (AvgIpc) is 2.84. The highest BCUT2D eigenvalue weighted by molar-refractivity contribution is 7.15. The molecular formula is C15H29N3O2S. The molecule has 0 aliphatic heterocycles. The predicted octanol–water partition coefficient (Wildman–Crippen LogP) is 2.65. The van der Waals surface area contributed by atoms with E-state index in [4.69, 9.17) is 14.5 Å². The third-order valence-electron chi connectivity index (χ3n) is 3.29. The van der Waals surface area contributed by atoms with Crippen LogP contribution in [0.25, 0.3) is 0 Å². The first-order valence-corrected chi connectivity index (χ1v) is 8.43. The zero-order valence-corrected chi connectivity index (χ0v) is 14.8. The lowest BCUT2D eigenvalue weighted by molar-refractivity contribution is 0.179. The first kappa shape index (κ1) is 18.4. The zero-order chi connectivity index (χ0) is 15.7. The Morgan fingerprint density at radius 3 is 2.62 bits per heavy atom. The van der Waals surface area contributed by atoms with E-state index in [1.165, 1.54) is 4.88 Å². The lowest BCUT2D eigenvalue weighted by Crippen LogP contribution is -2.36. The molecule has 0 saturated carbocycles. The first-order chi connectivity index (χ1) is 10.2. The number of methoxy groups -OCH3 is 2. The van der Waals surface area contributed by atoms with Crippen LogP contribution in [0.3, 0.4) is 0 Å². The molecule has 21 heavy (non-hydrogen) atoms. The Morgan fingerprint density at radius 2 is 2.05 bits per heavy atom. The number of anilines is 1. The molecule has 122 valence electrons. The Hall–Kier alpha value is -0.690. The van der Waals surface area contributed by atoms with Gasteiger partial charge in [0.25, 0.3) is 0 Å². The van der Waals surface area contributed by atoms with Gasteiger partial charge in [-0.05, 0) is 26.8 Å². The number of likely N-dealkylation sites (N-methyl/N-ethyl adjacent to an activating group) is 1. The SMILES string of the molecule is CCCNCc1sc(N(CC)C(C)COC)nc1COC. The highest BCUT2D eigenvalue weighted by atomic mass is 32.1. The normalized spacial score (nSPS) is 12.6. The van der Waals surface area contributed by atoms with Gasteiger partial charge in [-0.1, -0.05) is 6.92 Å². The molecule has 5 nitrogen and oxygen atoms in total. The molecule has 0 saturated heterocycles. The molecule has 1 rings (SSSR count). The van der Waals surface area contributed by atoms with Gasteiger partial charge in [0.05, 0.1) is 24.9 Å². The molecule has 0 bridgehead atoms. The summed E-state index contributed by atoms with van der Waals surface area (Å²) in [7, 11) is 3.45. The number of aromatic nitrogens is 1. The molecule has 1 N–H and O–H groups in total. The second-order valence-corrected chi connectivity index (χ2v) is 6.13. The summed E-state index contributed by atoms with van der Waals surface area (Å²) in [6.45, 7) is 10.6. The van der Waals surface area contributed by atoms with Crippen molar-refractivity contribution in [1.82, 2.24) is 10.3 Å². The summed E-state index contributed by atoms with van der Waals surface area (Å²) in [5.74, 6) is 0. The number of thiazole rings is 1. The summed E-state index contributed by atoms with van der Waals surface area (Å²) in [6.07, 6.45) is 1.14. The van der Waals surface area contributed by atoms with Crippen LogP contribution in [-0.4, -0.2) is 44.9 Å². The van der Waals surface area contributed by atoms with Gasteiger partial charge in [-0.25, -0.2) is 4.98 Å².